The Bertz CT molecular complexity index is 1290. The molecule has 7 nitrogen and oxygen atoms in total. The maximum absolute atomic E-state index is 10.5. The van der Waals surface area contributed by atoms with Crippen molar-refractivity contribution in [2.24, 2.45) is 5.92 Å². The fraction of sp³-hybridized carbons (Fsp3) is 0.393. The molecule has 4 aromatic rings. The van der Waals surface area contributed by atoms with Gasteiger partial charge in [0.25, 0.3) is 0 Å². The molecule has 5 rings (SSSR count). The molecule has 0 spiro atoms. The number of nitrogen functional groups attached to an aromatic ring is 1. The zero-order valence-electron chi connectivity index (χ0n) is 20.6. The molecule has 3 aromatic heterocycles. The Morgan fingerprint density at radius 1 is 1.00 bits per heavy atom. The standard InChI is InChI=1S/C28H33N5O2/c1-28(2,3)35-27(34)20-11-9-19(10-12-20)24-15-25(29)33-26(32-24)22(17-31-33)21-13-14-23(30-16-21)18-7-5-4-6-8-18/h4-8,13-17,19-20,27,34H,9-12,29H2,1-3H3/t19?,20?,27-/m1/s1. The Labute approximate surface area is 206 Å². The number of benzene rings is 1. The molecule has 0 saturated heterocycles. The van der Waals surface area contributed by atoms with Crippen molar-refractivity contribution in [3.63, 3.8) is 0 Å². The second-order valence-electron chi connectivity index (χ2n) is 10.4. The van der Waals surface area contributed by atoms with Crippen LogP contribution < -0.4 is 5.73 Å². The second kappa shape index (κ2) is 9.40. The van der Waals surface area contributed by atoms with E-state index in [4.69, 9.17) is 15.5 Å². The van der Waals surface area contributed by atoms with Gasteiger partial charge in [-0.25, -0.2) is 4.98 Å². The lowest BCUT2D eigenvalue weighted by atomic mass is 9.80. The number of aromatic nitrogens is 4. The predicted molar refractivity (Wildman–Crippen MR) is 138 cm³/mol. The van der Waals surface area contributed by atoms with Crippen molar-refractivity contribution in [3.8, 4) is 22.4 Å². The van der Waals surface area contributed by atoms with E-state index < -0.39 is 6.29 Å². The molecule has 1 aliphatic carbocycles. The van der Waals surface area contributed by atoms with Crippen molar-refractivity contribution >= 4 is 11.5 Å². The third-order valence-electron chi connectivity index (χ3n) is 6.73. The maximum Gasteiger partial charge on any atom is 0.165 e. The van der Waals surface area contributed by atoms with E-state index in [0.717, 1.165) is 59.4 Å². The lowest BCUT2D eigenvalue weighted by Crippen LogP contribution is -2.34. The number of fused-ring (bicyclic) bond motifs is 1. The van der Waals surface area contributed by atoms with Crippen LogP contribution in [0.15, 0.2) is 60.9 Å². The van der Waals surface area contributed by atoms with Crippen LogP contribution in [-0.2, 0) is 4.74 Å². The van der Waals surface area contributed by atoms with E-state index >= 15 is 0 Å². The third kappa shape index (κ3) is 5.06. The Hall–Kier alpha value is -3.29. The van der Waals surface area contributed by atoms with Crippen molar-refractivity contribution < 1.29 is 9.84 Å². The number of hydrogen-bond donors (Lipinski definition) is 2. The van der Waals surface area contributed by atoms with Gasteiger partial charge in [0, 0.05) is 46.5 Å². The first kappa shape index (κ1) is 23.5. The molecular weight excluding hydrogens is 438 g/mol. The monoisotopic (exact) mass is 471 g/mol. The Morgan fingerprint density at radius 3 is 2.40 bits per heavy atom. The van der Waals surface area contributed by atoms with Crippen LogP contribution in [0.4, 0.5) is 5.82 Å². The minimum absolute atomic E-state index is 0.145. The van der Waals surface area contributed by atoms with Gasteiger partial charge in [-0.05, 0) is 52.5 Å². The van der Waals surface area contributed by atoms with Gasteiger partial charge in [-0.1, -0.05) is 36.4 Å². The highest BCUT2D eigenvalue weighted by molar-refractivity contribution is 5.78. The van der Waals surface area contributed by atoms with E-state index in [1.165, 1.54) is 0 Å². The smallest absolute Gasteiger partial charge is 0.165 e. The van der Waals surface area contributed by atoms with Gasteiger partial charge < -0.3 is 15.6 Å². The van der Waals surface area contributed by atoms with Crippen molar-refractivity contribution in [1.29, 1.82) is 0 Å². The minimum Gasteiger partial charge on any atom is -0.384 e. The molecule has 182 valence electrons. The average molecular weight is 472 g/mol. The molecule has 3 heterocycles. The van der Waals surface area contributed by atoms with E-state index in [-0.39, 0.29) is 11.5 Å². The summed E-state index contributed by atoms with van der Waals surface area (Å²) >= 11 is 0. The average Bonchev–Trinajstić information content (AvgIpc) is 3.28. The molecule has 1 aliphatic rings. The minimum atomic E-state index is -0.732. The van der Waals surface area contributed by atoms with Crippen LogP contribution >= 0.6 is 0 Å². The van der Waals surface area contributed by atoms with Crippen molar-refractivity contribution in [2.45, 2.75) is 64.3 Å². The summed E-state index contributed by atoms with van der Waals surface area (Å²) in [6.45, 7) is 5.91. The van der Waals surface area contributed by atoms with Gasteiger partial charge in [-0.3, -0.25) is 4.98 Å². The van der Waals surface area contributed by atoms with Crippen molar-refractivity contribution in [1.82, 2.24) is 19.6 Å². The summed E-state index contributed by atoms with van der Waals surface area (Å²) in [5.41, 5.74) is 11.6. The molecule has 7 heteroatoms. The summed E-state index contributed by atoms with van der Waals surface area (Å²) in [6.07, 6.45) is 6.61. The molecule has 0 aliphatic heterocycles. The highest BCUT2D eigenvalue weighted by Crippen LogP contribution is 2.38. The third-order valence-corrected chi connectivity index (χ3v) is 6.73. The number of nitrogens with zero attached hydrogens (tertiary/aromatic N) is 4. The first-order valence-electron chi connectivity index (χ1n) is 12.3. The topological polar surface area (TPSA) is 98.6 Å². The van der Waals surface area contributed by atoms with E-state index in [1.54, 1.807) is 10.7 Å². The van der Waals surface area contributed by atoms with Crippen LogP contribution in [0.25, 0.3) is 28.0 Å². The van der Waals surface area contributed by atoms with Gasteiger partial charge in [-0.15, -0.1) is 0 Å². The van der Waals surface area contributed by atoms with Crippen LogP contribution in [0.5, 0.6) is 0 Å². The summed E-state index contributed by atoms with van der Waals surface area (Å²) in [5.74, 6) is 1.01. The van der Waals surface area contributed by atoms with Gasteiger partial charge in [-0.2, -0.15) is 9.61 Å². The fourth-order valence-corrected chi connectivity index (χ4v) is 4.91. The zero-order valence-corrected chi connectivity index (χ0v) is 20.6. The van der Waals surface area contributed by atoms with Crippen LogP contribution in [0, 0.1) is 5.92 Å². The van der Waals surface area contributed by atoms with Crippen LogP contribution in [0.2, 0.25) is 0 Å². The number of ether oxygens (including phenoxy) is 1. The number of rotatable bonds is 5. The van der Waals surface area contributed by atoms with E-state index in [0.29, 0.717) is 11.7 Å². The zero-order chi connectivity index (χ0) is 24.6. The van der Waals surface area contributed by atoms with Crippen LogP contribution in [0.3, 0.4) is 0 Å². The number of anilines is 1. The summed E-state index contributed by atoms with van der Waals surface area (Å²) < 4.78 is 7.48. The fourth-order valence-electron chi connectivity index (χ4n) is 4.91. The molecule has 1 atom stereocenters. The highest BCUT2D eigenvalue weighted by Gasteiger charge is 2.31. The van der Waals surface area contributed by atoms with Crippen LogP contribution in [0.1, 0.15) is 58.1 Å². The lowest BCUT2D eigenvalue weighted by Gasteiger charge is -2.34. The second-order valence-corrected chi connectivity index (χ2v) is 10.4. The molecule has 3 N–H and O–H groups in total. The summed E-state index contributed by atoms with van der Waals surface area (Å²) in [7, 11) is 0. The molecule has 0 amide bonds. The normalized spacial score (nSPS) is 19.7. The van der Waals surface area contributed by atoms with Crippen molar-refractivity contribution in [3.05, 3.63) is 66.6 Å². The predicted octanol–water partition coefficient (Wildman–Crippen LogP) is 5.45. The Balaban J connectivity index is 1.37. The van der Waals surface area contributed by atoms with Crippen molar-refractivity contribution in [2.75, 3.05) is 5.73 Å². The van der Waals surface area contributed by atoms with Gasteiger partial charge in [0.05, 0.1) is 17.5 Å². The summed E-state index contributed by atoms with van der Waals surface area (Å²) in [5, 5.41) is 15.0. The molecule has 35 heavy (non-hydrogen) atoms. The molecular formula is C28H33N5O2. The Morgan fingerprint density at radius 2 is 1.74 bits per heavy atom. The quantitative estimate of drug-likeness (QED) is 0.376. The van der Waals surface area contributed by atoms with Gasteiger partial charge >= 0.3 is 0 Å². The summed E-state index contributed by atoms with van der Waals surface area (Å²) in [4.78, 5) is 9.67. The first-order chi connectivity index (χ1) is 16.8. The number of hydrogen-bond acceptors (Lipinski definition) is 6. The number of pyridine rings is 1. The highest BCUT2D eigenvalue weighted by atomic mass is 16.6. The Kier molecular flexibility index (Phi) is 6.30. The molecule has 1 fully saturated rings. The first-order valence-corrected chi connectivity index (χ1v) is 12.3. The van der Waals surface area contributed by atoms with E-state index in [2.05, 4.69) is 28.3 Å². The van der Waals surface area contributed by atoms with Crippen LogP contribution in [-0.4, -0.2) is 36.6 Å². The number of aliphatic hydroxyl groups excluding tert-OH is 1. The molecule has 1 saturated carbocycles. The summed E-state index contributed by atoms with van der Waals surface area (Å²) in [6, 6.07) is 16.1. The van der Waals surface area contributed by atoms with Gasteiger partial charge in [0.2, 0.25) is 0 Å². The molecule has 0 radical (unpaired) electrons. The molecule has 0 bridgehead atoms. The van der Waals surface area contributed by atoms with E-state index in [1.807, 2.05) is 57.3 Å². The largest absolute Gasteiger partial charge is 0.384 e. The molecule has 0 unspecified atom stereocenters. The molecule has 1 aromatic carbocycles. The van der Waals surface area contributed by atoms with Gasteiger partial charge in [0.15, 0.2) is 11.9 Å². The lowest BCUT2D eigenvalue weighted by molar-refractivity contribution is -0.196. The maximum atomic E-state index is 10.5. The SMILES string of the molecule is CC(C)(C)O[C@@H](O)C1CCC(c2cc(N)n3ncc(-c4ccc(-c5ccccc5)nc4)c3n2)CC1. The van der Waals surface area contributed by atoms with E-state index in [9.17, 15) is 5.11 Å². The van der Waals surface area contributed by atoms with Gasteiger partial charge in [0.1, 0.15) is 5.82 Å². The number of aliphatic hydroxyl groups is 1. The number of nitrogens with two attached hydrogens (primary N) is 1.